The van der Waals surface area contributed by atoms with Gasteiger partial charge < -0.3 is 33.9 Å². The minimum absolute atomic E-state index is 0. The van der Waals surface area contributed by atoms with Crippen molar-refractivity contribution in [3.63, 3.8) is 0 Å². The van der Waals surface area contributed by atoms with E-state index in [0.717, 1.165) is 0 Å². The summed E-state index contributed by atoms with van der Waals surface area (Å²) < 4.78 is 6.07. The molecule has 0 bridgehead atoms. The summed E-state index contributed by atoms with van der Waals surface area (Å²) in [6.45, 7) is 4.25. The standard InChI is InChI=1S/2C16H12N.C3H6.2ClH.Zr/c2*1-17-14-9-5-4-8-13(14)16-12-7-3-2-6-11(12)10-15(16)17;1-3-2;;;/h2*2-10H,1H3;1-2H3;2*1H;/q2*-1;;;;+2/p-2. The molecule has 0 aliphatic heterocycles. The summed E-state index contributed by atoms with van der Waals surface area (Å²) in [5.41, 5.74) is 5.27. The predicted octanol–water partition coefficient (Wildman–Crippen LogP) is 3.16. The quantitative estimate of drug-likeness (QED) is 0.226. The molecule has 6 aromatic carbocycles. The van der Waals surface area contributed by atoms with Crippen molar-refractivity contribution in [2.75, 3.05) is 0 Å². The second kappa shape index (κ2) is 12.3. The van der Waals surface area contributed by atoms with E-state index in [2.05, 4.69) is 146 Å². The van der Waals surface area contributed by atoms with E-state index in [0.29, 0.717) is 0 Å². The maximum atomic E-state index is 2.28. The fourth-order valence-corrected chi connectivity index (χ4v) is 5.73. The average Bonchev–Trinajstić information content (AvgIpc) is 3.64. The number of hydrogen-bond donors (Lipinski definition) is 0. The van der Waals surface area contributed by atoms with Gasteiger partial charge in [0.2, 0.25) is 0 Å². The first-order valence-electron chi connectivity index (χ1n) is 13.0. The van der Waals surface area contributed by atoms with Crippen LogP contribution >= 0.6 is 0 Å². The summed E-state index contributed by atoms with van der Waals surface area (Å²) in [5, 5.41) is 10.9. The van der Waals surface area contributed by atoms with Crippen LogP contribution in [0.25, 0.3) is 65.2 Å². The Balaban J connectivity index is 0.000000157. The molecule has 8 aromatic rings. The largest absolute Gasteiger partial charge is 1.00 e. The van der Waals surface area contributed by atoms with Gasteiger partial charge in [0.15, 0.2) is 0 Å². The van der Waals surface area contributed by atoms with Gasteiger partial charge in [0.25, 0.3) is 0 Å². The smallest absolute Gasteiger partial charge is 0.0373 e. The van der Waals surface area contributed by atoms with Gasteiger partial charge in [-0.3, -0.25) is 0 Å². The Bertz CT molecular complexity index is 1950. The van der Waals surface area contributed by atoms with Gasteiger partial charge in [0.1, 0.15) is 0 Å². The molecule has 0 radical (unpaired) electrons. The number of benzene rings is 4. The van der Waals surface area contributed by atoms with Crippen LogP contribution in [0.2, 0.25) is 0 Å². The Kier molecular flexibility index (Phi) is 9.20. The monoisotopic (exact) mass is 638 g/mol. The molecule has 0 N–H and O–H groups in total. The van der Waals surface area contributed by atoms with E-state index in [1.54, 1.807) is 24.2 Å². The molecular weight excluding hydrogens is 611 g/mol. The minimum atomic E-state index is 0. The molecule has 0 atom stereocenters. The number of halogens is 2. The van der Waals surface area contributed by atoms with Crippen molar-refractivity contribution in [3.05, 3.63) is 109 Å². The molecule has 0 fully saturated rings. The van der Waals surface area contributed by atoms with Gasteiger partial charge >= 0.3 is 41.3 Å². The van der Waals surface area contributed by atoms with E-state index in [4.69, 9.17) is 0 Å². The van der Waals surface area contributed by atoms with Crippen molar-refractivity contribution in [2.45, 2.75) is 13.8 Å². The summed E-state index contributed by atoms with van der Waals surface area (Å²) in [4.78, 5) is 0. The number of fused-ring (bicyclic) bond motifs is 10. The fourth-order valence-electron chi connectivity index (χ4n) is 5.73. The maximum absolute atomic E-state index is 2.28. The van der Waals surface area contributed by atoms with E-state index in [1.165, 1.54) is 68.4 Å². The molecule has 0 unspecified atom stereocenters. The van der Waals surface area contributed by atoms with Crippen LogP contribution in [-0.4, -0.2) is 12.3 Å². The molecule has 0 aliphatic carbocycles. The first-order chi connectivity index (χ1) is 18.5. The van der Waals surface area contributed by atoms with Crippen molar-refractivity contribution in [2.24, 2.45) is 14.1 Å². The summed E-state index contributed by atoms with van der Waals surface area (Å²) >= 11 is 1.55. The molecule has 0 amide bonds. The molecule has 0 saturated carbocycles. The molecule has 2 aromatic heterocycles. The molecule has 0 spiro atoms. The van der Waals surface area contributed by atoms with Gasteiger partial charge in [-0.05, 0) is 33.9 Å². The Morgan fingerprint density at radius 3 is 1.20 bits per heavy atom. The normalized spacial score (nSPS) is 10.8. The molecule has 0 aliphatic rings. The summed E-state index contributed by atoms with van der Waals surface area (Å²) in [6, 6.07) is 39.0. The van der Waals surface area contributed by atoms with Crippen LogP contribution in [0.15, 0.2) is 109 Å². The van der Waals surface area contributed by atoms with Crippen molar-refractivity contribution in [1.82, 2.24) is 9.13 Å². The molecule has 8 rings (SSSR count). The SMILES string of the molecule is C[C](C)=[Zr+2].Cn1c2ccccc2c2c3ccccc3[cH-]c21.Cn1c2ccccc2c2c3ccccc3[cH-]c21.[Cl-].[Cl-]. The Morgan fingerprint density at radius 1 is 0.525 bits per heavy atom. The number of nitrogens with zero attached hydrogens (tertiary/aromatic N) is 2. The van der Waals surface area contributed by atoms with Crippen molar-refractivity contribution in [3.8, 4) is 0 Å². The van der Waals surface area contributed by atoms with Gasteiger partial charge in [-0.25, -0.2) is 0 Å². The molecule has 40 heavy (non-hydrogen) atoms. The van der Waals surface area contributed by atoms with Gasteiger partial charge in [-0.15, -0.1) is 70.1 Å². The zero-order valence-electron chi connectivity index (χ0n) is 23.0. The van der Waals surface area contributed by atoms with Crippen molar-refractivity contribution in [1.29, 1.82) is 0 Å². The van der Waals surface area contributed by atoms with Gasteiger partial charge in [0, 0.05) is 25.1 Å². The van der Waals surface area contributed by atoms with Crippen LogP contribution in [-0.2, 0) is 38.3 Å². The Labute approximate surface area is 262 Å². The number of rotatable bonds is 0. The third-order valence-electron chi connectivity index (χ3n) is 7.35. The third kappa shape index (κ3) is 5.12. The second-order valence-corrected chi connectivity index (χ2v) is 12.6. The van der Waals surface area contributed by atoms with E-state index >= 15 is 0 Å². The van der Waals surface area contributed by atoms with Gasteiger partial charge in [-0.2, -0.15) is 0 Å². The molecule has 5 heteroatoms. The topological polar surface area (TPSA) is 9.86 Å². The summed E-state index contributed by atoms with van der Waals surface area (Å²) in [7, 11) is 4.28. The summed E-state index contributed by atoms with van der Waals surface area (Å²) in [5.74, 6) is 0. The molecule has 0 saturated heterocycles. The maximum Gasteiger partial charge on any atom is 0.0373 e. The first-order valence-corrected chi connectivity index (χ1v) is 14.2. The Morgan fingerprint density at radius 2 is 0.825 bits per heavy atom. The average molecular weight is 641 g/mol. The number of para-hydroxylation sites is 2. The van der Waals surface area contributed by atoms with E-state index < -0.39 is 0 Å². The van der Waals surface area contributed by atoms with Crippen LogP contribution in [0.4, 0.5) is 0 Å². The fraction of sp³-hybridized carbons (Fsp3) is 0.114. The second-order valence-electron chi connectivity index (χ2n) is 10.1. The van der Waals surface area contributed by atoms with E-state index in [1.807, 2.05) is 0 Å². The zero-order valence-corrected chi connectivity index (χ0v) is 27.0. The van der Waals surface area contributed by atoms with Gasteiger partial charge in [-0.1, -0.05) is 59.3 Å². The van der Waals surface area contributed by atoms with E-state index in [-0.39, 0.29) is 24.8 Å². The van der Waals surface area contributed by atoms with Crippen molar-refractivity contribution < 1.29 is 49.0 Å². The minimum Gasteiger partial charge on any atom is -1.00 e. The number of aromatic nitrogens is 2. The molecule has 2 nitrogen and oxygen atoms in total. The molecule has 2 heterocycles. The van der Waals surface area contributed by atoms with Crippen LogP contribution in [0.1, 0.15) is 13.8 Å². The van der Waals surface area contributed by atoms with Crippen molar-refractivity contribution >= 4 is 68.4 Å². The van der Waals surface area contributed by atoms with Gasteiger partial charge in [0.05, 0.1) is 0 Å². The number of hydrogen-bond acceptors (Lipinski definition) is 0. The van der Waals surface area contributed by atoms with Crippen LogP contribution in [0.5, 0.6) is 0 Å². The van der Waals surface area contributed by atoms with E-state index in [9.17, 15) is 0 Å². The van der Waals surface area contributed by atoms with Crippen LogP contribution < -0.4 is 24.8 Å². The number of aryl methyl sites for hydroxylation is 2. The predicted molar refractivity (Wildman–Crippen MR) is 163 cm³/mol. The third-order valence-corrected chi connectivity index (χ3v) is 7.35. The zero-order chi connectivity index (χ0) is 26.4. The first kappa shape index (κ1) is 30.0. The Hall–Kier alpha value is -2.97. The summed E-state index contributed by atoms with van der Waals surface area (Å²) in [6.07, 6.45) is 0. The molecule has 200 valence electrons. The van der Waals surface area contributed by atoms with Crippen LogP contribution in [0.3, 0.4) is 0 Å². The van der Waals surface area contributed by atoms with Crippen LogP contribution in [0, 0.1) is 0 Å². The molecular formula is C35H30Cl2N2Zr-2.